The highest BCUT2D eigenvalue weighted by atomic mass is 35.5. The Kier molecular flexibility index (Phi) is 3.65. The third-order valence-corrected chi connectivity index (χ3v) is 3.12. The summed E-state index contributed by atoms with van der Waals surface area (Å²) in [5, 5.41) is 29.1. The lowest BCUT2D eigenvalue weighted by molar-refractivity contribution is 0.132. The highest BCUT2D eigenvalue weighted by molar-refractivity contribution is 6.28. The van der Waals surface area contributed by atoms with Gasteiger partial charge >= 0.3 is 0 Å². The molecule has 8 heteroatoms. The van der Waals surface area contributed by atoms with Gasteiger partial charge in [-0.15, -0.1) is 0 Å². The van der Waals surface area contributed by atoms with E-state index in [1.54, 1.807) is 6.20 Å². The Morgan fingerprint density at radius 3 is 2.72 bits per heavy atom. The molecule has 0 bridgehead atoms. The molecule has 0 atom stereocenters. The van der Waals surface area contributed by atoms with Gasteiger partial charge in [-0.2, -0.15) is 15.1 Å². The quantitative estimate of drug-likeness (QED) is 0.592. The van der Waals surface area contributed by atoms with Crippen LogP contribution in [0.5, 0.6) is 0 Å². The van der Waals surface area contributed by atoms with Gasteiger partial charge in [-0.3, -0.25) is 5.10 Å². The largest absolute Gasteiger partial charge is 0.394 e. The van der Waals surface area contributed by atoms with E-state index >= 15 is 0 Å². The molecule has 2 heterocycles. The number of rotatable bonds is 5. The van der Waals surface area contributed by atoms with Gasteiger partial charge in [-0.1, -0.05) is 6.92 Å². The Bertz CT molecular complexity index is 532. The lowest BCUT2D eigenvalue weighted by atomic mass is 9.98. The van der Waals surface area contributed by atoms with E-state index in [4.69, 9.17) is 11.6 Å². The zero-order valence-electron chi connectivity index (χ0n) is 9.81. The van der Waals surface area contributed by atoms with Crippen molar-refractivity contribution in [1.82, 2.24) is 20.2 Å². The molecule has 2 aromatic rings. The standard InChI is InChI=1S/C10H14ClN5O2/c1-2-10(4-17,5-18)15-7-6-3-12-16-8(6)14-9(11)13-7/h3,17-18H,2,4-5H2,1H3,(H2,12,13,14,15,16). The highest BCUT2D eigenvalue weighted by Crippen LogP contribution is 2.24. The average Bonchev–Trinajstić information content (AvgIpc) is 2.84. The smallest absolute Gasteiger partial charge is 0.226 e. The summed E-state index contributed by atoms with van der Waals surface area (Å²) in [7, 11) is 0. The Balaban J connectivity index is 2.44. The molecule has 0 radical (unpaired) electrons. The van der Waals surface area contributed by atoms with Crippen molar-refractivity contribution < 1.29 is 10.2 Å². The zero-order valence-corrected chi connectivity index (χ0v) is 10.6. The van der Waals surface area contributed by atoms with Crippen molar-refractivity contribution in [2.45, 2.75) is 18.9 Å². The molecule has 0 fully saturated rings. The van der Waals surface area contributed by atoms with Gasteiger partial charge in [-0.05, 0) is 18.0 Å². The fourth-order valence-corrected chi connectivity index (χ4v) is 1.76. The van der Waals surface area contributed by atoms with E-state index in [0.717, 1.165) is 0 Å². The number of halogens is 1. The maximum Gasteiger partial charge on any atom is 0.226 e. The Morgan fingerprint density at radius 1 is 1.39 bits per heavy atom. The van der Waals surface area contributed by atoms with Crippen molar-refractivity contribution in [1.29, 1.82) is 0 Å². The monoisotopic (exact) mass is 271 g/mol. The van der Waals surface area contributed by atoms with Gasteiger partial charge in [0.15, 0.2) is 5.65 Å². The Labute approximate surface area is 108 Å². The van der Waals surface area contributed by atoms with Crippen LogP contribution in [0.2, 0.25) is 5.28 Å². The first-order valence-corrected chi connectivity index (χ1v) is 5.88. The van der Waals surface area contributed by atoms with Crippen molar-refractivity contribution in [2.75, 3.05) is 18.5 Å². The Morgan fingerprint density at radius 2 is 2.11 bits per heavy atom. The molecule has 0 saturated carbocycles. The van der Waals surface area contributed by atoms with Crippen molar-refractivity contribution in [2.24, 2.45) is 0 Å². The van der Waals surface area contributed by atoms with Crippen molar-refractivity contribution in [3.8, 4) is 0 Å². The van der Waals surface area contributed by atoms with Gasteiger partial charge in [0.05, 0.1) is 30.3 Å². The molecule has 0 aliphatic rings. The summed E-state index contributed by atoms with van der Waals surface area (Å²) in [5.74, 6) is 0.434. The molecular formula is C10H14ClN5O2. The second kappa shape index (κ2) is 5.05. The van der Waals surface area contributed by atoms with E-state index in [1.165, 1.54) is 0 Å². The maximum atomic E-state index is 9.41. The number of aliphatic hydroxyl groups is 2. The minimum atomic E-state index is -0.845. The first kappa shape index (κ1) is 13.0. The van der Waals surface area contributed by atoms with E-state index in [-0.39, 0.29) is 18.5 Å². The summed E-state index contributed by atoms with van der Waals surface area (Å²) >= 11 is 5.80. The maximum absolute atomic E-state index is 9.41. The molecule has 0 amide bonds. The van der Waals surface area contributed by atoms with E-state index in [2.05, 4.69) is 25.5 Å². The van der Waals surface area contributed by atoms with E-state index in [0.29, 0.717) is 23.3 Å². The molecule has 0 aliphatic heterocycles. The third-order valence-electron chi connectivity index (χ3n) is 2.95. The molecule has 0 spiro atoms. The number of hydrogen-bond acceptors (Lipinski definition) is 6. The molecule has 0 aromatic carbocycles. The van der Waals surface area contributed by atoms with Crippen LogP contribution < -0.4 is 5.32 Å². The van der Waals surface area contributed by atoms with Crippen LogP contribution in [0.3, 0.4) is 0 Å². The molecular weight excluding hydrogens is 258 g/mol. The number of aliphatic hydroxyl groups excluding tert-OH is 2. The number of aromatic amines is 1. The number of nitrogens with one attached hydrogen (secondary N) is 2. The molecule has 98 valence electrons. The van der Waals surface area contributed by atoms with Crippen LogP contribution in [0.25, 0.3) is 11.0 Å². The van der Waals surface area contributed by atoms with E-state index in [1.807, 2.05) is 6.92 Å². The molecule has 4 N–H and O–H groups in total. The number of hydrogen-bond donors (Lipinski definition) is 4. The highest BCUT2D eigenvalue weighted by Gasteiger charge is 2.28. The lowest BCUT2D eigenvalue weighted by Crippen LogP contribution is -2.45. The van der Waals surface area contributed by atoms with E-state index < -0.39 is 5.54 Å². The minimum Gasteiger partial charge on any atom is -0.394 e. The number of anilines is 1. The van der Waals surface area contributed by atoms with Crippen molar-refractivity contribution in [3.05, 3.63) is 11.5 Å². The first-order valence-electron chi connectivity index (χ1n) is 5.50. The van der Waals surface area contributed by atoms with Crippen LogP contribution in [0.1, 0.15) is 13.3 Å². The van der Waals surface area contributed by atoms with Crippen LogP contribution in [0, 0.1) is 0 Å². The van der Waals surface area contributed by atoms with Crippen LogP contribution >= 0.6 is 11.6 Å². The molecule has 0 unspecified atom stereocenters. The van der Waals surface area contributed by atoms with Gasteiger partial charge in [-0.25, -0.2) is 0 Å². The molecule has 7 nitrogen and oxygen atoms in total. The summed E-state index contributed by atoms with van der Waals surface area (Å²) in [6.45, 7) is 1.41. The molecule has 0 saturated heterocycles. The normalized spacial score (nSPS) is 12.0. The van der Waals surface area contributed by atoms with Gasteiger partial charge in [0.25, 0.3) is 0 Å². The molecule has 0 aliphatic carbocycles. The second-order valence-electron chi connectivity index (χ2n) is 4.05. The summed E-state index contributed by atoms with van der Waals surface area (Å²) < 4.78 is 0. The average molecular weight is 272 g/mol. The zero-order chi connectivity index (χ0) is 13.2. The lowest BCUT2D eigenvalue weighted by Gasteiger charge is -2.30. The second-order valence-corrected chi connectivity index (χ2v) is 4.39. The van der Waals surface area contributed by atoms with Crippen LogP contribution in [-0.2, 0) is 0 Å². The number of H-pyrrole nitrogens is 1. The predicted molar refractivity (Wildman–Crippen MR) is 67.5 cm³/mol. The number of aromatic nitrogens is 4. The topological polar surface area (TPSA) is 107 Å². The first-order chi connectivity index (χ1) is 8.64. The van der Waals surface area contributed by atoms with E-state index in [9.17, 15) is 10.2 Å². The SMILES string of the molecule is CCC(CO)(CO)Nc1nc(Cl)nc2[nH]ncc12. The van der Waals surface area contributed by atoms with Crippen molar-refractivity contribution >= 4 is 28.5 Å². The van der Waals surface area contributed by atoms with Crippen LogP contribution in [-0.4, -0.2) is 49.1 Å². The summed E-state index contributed by atoms with van der Waals surface area (Å²) in [6.07, 6.45) is 2.09. The number of nitrogens with zero attached hydrogens (tertiary/aromatic N) is 3. The Hall–Kier alpha value is -1.44. The van der Waals surface area contributed by atoms with Crippen molar-refractivity contribution in [3.63, 3.8) is 0 Å². The van der Waals surface area contributed by atoms with Gasteiger partial charge in [0, 0.05) is 0 Å². The molecule has 2 rings (SSSR count). The fraction of sp³-hybridized carbons (Fsp3) is 0.500. The predicted octanol–water partition coefficient (Wildman–Crippen LogP) is 0.552. The molecule has 2 aromatic heterocycles. The summed E-state index contributed by atoms with van der Waals surface area (Å²) in [4.78, 5) is 8.04. The van der Waals surface area contributed by atoms with Gasteiger partial charge in [0.1, 0.15) is 5.82 Å². The van der Waals surface area contributed by atoms with Crippen LogP contribution in [0.15, 0.2) is 6.20 Å². The summed E-state index contributed by atoms with van der Waals surface area (Å²) in [6, 6.07) is 0. The van der Waals surface area contributed by atoms with Crippen LogP contribution in [0.4, 0.5) is 5.82 Å². The summed E-state index contributed by atoms with van der Waals surface area (Å²) in [5.41, 5.74) is -0.347. The third kappa shape index (κ3) is 2.24. The van der Waals surface area contributed by atoms with Gasteiger partial charge in [0.2, 0.25) is 5.28 Å². The minimum absolute atomic E-state index is 0.0649. The van der Waals surface area contributed by atoms with Gasteiger partial charge < -0.3 is 15.5 Å². The molecule has 18 heavy (non-hydrogen) atoms. The number of fused-ring (bicyclic) bond motifs is 1. The fourth-order valence-electron chi connectivity index (χ4n) is 1.60.